The van der Waals surface area contributed by atoms with Gasteiger partial charge in [0.1, 0.15) is 0 Å². The molecule has 0 aliphatic carbocycles. The van der Waals surface area contributed by atoms with E-state index in [-0.39, 0.29) is 21.1 Å². The molecule has 0 aromatic carbocycles. The van der Waals surface area contributed by atoms with Crippen molar-refractivity contribution in [3.8, 4) is 0 Å². The molecule has 0 aromatic heterocycles. The Kier molecular flexibility index (Phi) is 14.1. The van der Waals surface area contributed by atoms with Crippen LogP contribution in [0.25, 0.3) is 0 Å². The Labute approximate surface area is 53.2 Å². The van der Waals surface area contributed by atoms with E-state index >= 15 is 0 Å². The van der Waals surface area contributed by atoms with Crippen molar-refractivity contribution in [1.82, 2.24) is 0 Å². The van der Waals surface area contributed by atoms with Crippen molar-refractivity contribution in [3.05, 3.63) is 24.8 Å². The molecule has 0 heterocycles. The third-order valence-corrected chi connectivity index (χ3v) is 0.304. The van der Waals surface area contributed by atoms with Gasteiger partial charge in [0.15, 0.2) is 0 Å². The van der Waals surface area contributed by atoms with E-state index in [1.165, 1.54) is 6.08 Å². The molecule has 36 valence electrons. The van der Waals surface area contributed by atoms with Gasteiger partial charge in [-0.3, -0.25) is 6.58 Å². The molecule has 0 nitrogen and oxygen atoms in total. The van der Waals surface area contributed by atoms with Crippen LogP contribution in [-0.4, -0.2) is 0 Å². The van der Waals surface area contributed by atoms with Crippen LogP contribution in [0, 0.1) is 6.58 Å². The molecule has 0 amide bonds. The summed E-state index contributed by atoms with van der Waals surface area (Å²) in [5.41, 5.74) is 0. The molecule has 0 spiro atoms. The van der Waals surface area contributed by atoms with Gasteiger partial charge in [-0.25, -0.2) is 12.2 Å². The quantitative estimate of drug-likeness (QED) is 0.483. The zero-order valence-electron chi connectivity index (χ0n) is 3.81. The first kappa shape index (κ1) is 9.48. The summed E-state index contributed by atoms with van der Waals surface area (Å²) in [4.78, 5) is 0. The van der Waals surface area contributed by atoms with E-state index in [2.05, 4.69) is 0 Å². The summed E-state index contributed by atoms with van der Waals surface area (Å²) in [6, 6.07) is 0. The Morgan fingerprint density at radius 1 is 1.50 bits per heavy atom. The maximum atomic E-state index is 4.93. The molecule has 0 bridgehead atoms. The van der Waals surface area contributed by atoms with Gasteiger partial charge in [0, 0.05) is 0 Å². The van der Waals surface area contributed by atoms with Crippen LogP contribution >= 0.6 is 0 Å². The molecule has 0 radical (unpaired) electrons. The van der Waals surface area contributed by atoms with Gasteiger partial charge in [-0.2, -0.15) is 6.08 Å². The van der Waals surface area contributed by atoms with Crippen molar-refractivity contribution < 1.29 is 21.1 Å². The monoisotopic (exact) mass is 253 g/mol. The van der Waals surface area contributed by atoms with Crippen LogP contribution in [0.4, 0.5) is 0 Å². The molecule has 0 saturated heterocycles. The molecule has 0 unspecified atom stereocenters. The molecule has 0 rings (SSSR count). The number of hydrogen-bond acceptors (Lipinski definition) is 0. The average molecular weight is 253 g/mol. The molecular weight excluding hydrogens is 244 g/mol. The van der Waals surface area contributed by atoms with Gasteiger partial charge >= 0.3 is 21.1 Å². The van der Waals surface area contributed by atoms with Gasteiger partial charge in [-0.1, -0.05) is 6.92 Å². The summed E-state index contributed by atoms with van der Waals surface area (Å²) >= 11 is 0. The Morgan fingerprint density at radius 2 is 2.00 bits per heavy atom. The van der Waals surface area contributed by atoms with E-state index in [1.54, 1.807) is 6.08 Å². The third-order valence-electron chi connectivity index (χ3n) is 0.304. The Bertz CT molecular complexity index is 45.9. The van der Waals surface area contributed by atoms with Crippen molar-refractivity contribution in [1.29, 1.82) is 0 Å². The van der Waals surface area contributed by atoms with E-state index < -0.39 is 0 Å². The normalized spacial score (nSPS) is 7.50. The zero-order valence-corrected chi connectivity index (χ0v) is 7.40. The number of rotatable bonds is 1. The van der Waals surface area contributed by atoms with Gasteiger partial charge in [-0.05, 0) is 0 Å². The minimum atomic E-state index is 0. The SMILES string of the molecule is [CH-]=CC=CC.[WH2]. The van der Waals surface area contributed by atoms with E-state index in [1.807, 2.05) is 13.0 Å². The summed E-state index contributed by atoms with van der Waals surface area (Å²) < 4.78 is 0. The average Bonchev–Trinajstić information content (AvgIpc) is 1.41. The molecule has 0 atom stereocenters. The van der Waals surface area contributed by atoms with Gasteiger partial charge in [-0.15, -0.1) is 0 Å². The Hall–Kier alpha value is 0.168. The fraction of sp³-hybridized carbons (Fsp3) is 0.200. The maximum absolute atomic E-state index is 4.93. The first-order valence-corrected chi connectivity index (χ1v) is 1.58. The van der Waals surface area contributed by atoms with E-state index in [4.69, 9.17) is 6.58 Å². The van der Waals surface area contributed by atoms with Crippen LogP contribution in [0.15, 0.2) is 18.2 Å². The van der Waals surface area contributed by atoms with Crippen LogP contribution in [0.2, 0.25) is 0 Å². The van der Waals surface area contributed by atoms with Crippen LogP contribution < -0.4 is 0 Å². The second kappa shape index (κ2) is 8.95. The second-order valence-electron chi connectivity index (χ2n) is 0.718. The molecule has 0 saturated carbocycles. The number of allylic oxidation sites excluding steroid dienone is 3. The third kappa shape index (κ3) is 8.90. The van der Waals surface area contributed by atoms with Gasteiger partial charge < -0.3 is 0 Å². The topological polar surface area (TPSA) is 0 Å². The summed E-state index contributed by atoms with van der Waals surface area (Å²) in [6.45, 7) is 6.85. The first-order valence-electron chi connectivity index (χ1n) is 1.58. The molecular formula is C5H9W-. The van der Waals surface area contributed by atoms with Gasteiger partial charge in [0.05, 0.1) is 0 Å². The van der Waals surface area contributed by atoms with E-state index in [9.17, 15) is 0 Å². The fourth-order valence-electron chi connectivity index (χ4n) is 0.111. The predicted molar refractivity (Wildman–Crippen MR) is 26.5 cm³/mol. The Morgan fingerprint density at radius 3 is 2.00 bits per heavy atom. The van der Waals surface area contributed by atoms with Crippen molar-refractivity contribution in [3.63, 3.8) is 0 Å². The standard InChI is InChI=1S/C5H7.W.2H/c1-3-5-4-2;;;/h1,3-5H,2H3;;;/q-1;;;. The minimum absolute atomic E-state index is 0. The van der Waals surface area contributed by atoms with Crippen molar-refractivity contribution in [2.45, 2.75) is 6.92 Å². The van der Waals surface area contributed by atoms with E-state index in [0.29, 0.717) is 0 Å². The number of hydrogen-bond donors (Lipinski definition) is 0. The second-order valence-corrected chi connectivity index (χ2v) is 0.718. The zero-order chi connectivity index (χ0) is 4.12. The van der Waals surface area contributed by atoms with Crippen molar-refractivity contribution >= 4 is 0 Å². The molecule has 0 N–H and O–H groups in total. The molecule has 0 aliphatic rings. The van der Waals surface area contributed by atoms with E-state index in [0.717, 1.165) is 0 Å². The molecule has 0 aliphatic heterocycles. The van der Waals surface area contributed by atoms with Crippen LogP contribution in [-0.2, 0) is 21.1 Å². The fourth-order valence-corrected chi connectivity index (χ4v) is 0.111. The first-order chi connectivity index (χ1) is 2.41. The summed E-state index contributed by atoms with van der Waals surface area (Å²) in [5.74, 6) is 0. The van der Waals surface area contributed by atoms with Crippen LogP contribution in [0.3, 0.4) is 0 Å². The van der Waals surface area contributed by atoms with Gasteiger partial charge in [0.2, 0.25) is 0 Å². The van der Waals surface area contributed by atoms with Crippen molar-refractivity contribution in [2.75, 3.05) is 0 Å². The summed E-state index contributed by atoms with van der Waals surface area (Å²) in [5, 5.41) is 0. The summed E-state index contributed by atoms with van der Waals surface area (Å²) in [7, 11) is 0. The van der Waals surface area contributed by atoms with Crippen LogP contribution in [0.5, 0.6) is 0 Å². The Balaban J connectivity index is 0. The van der Waals surface area contributed by atoms with Crippen LogP contribution in [0.1, 0.15) is 6.92 Å². The molecule has 0 fully saturated rings. The van der Waals surface area contributed by atoms with Crippen molar-refractivity contribution in [2.24, 2.45) is 0 Å². The van der Waals surface area contributed by atoms with Gasteiger partial charge in [0.25, 0.3) is 0 Å². The molecule has 0 aromatic rings. The predicted octanol–water partition coefficient (Wildman–Crippen LogP) is 1.01. The summed E-state index contributed by atoms with van der Waals surface area (Å²) in [6.07, 6.45) is 5.15. The molecule has 6 heavy (non-hydrogen) atoms. The molecule has 1 heteroatoms.